The minimum atomic E-state index is -0.449. The first-order valence-corrected chi connectivity index (χ1v) is 8.36. The van der Waals surface area contributed by atoms with E-state index >= 15 is 0 Å². The molecule has 2 aromatic rings. The summed E-state index contributed by atoms with van der Waals surface area (Å²) in [7, 11) is 0. The maximum absolute atomic E-state index is 12.9. The summed E-state index contributed by atoms with van der Waals surface area (Å²) < 4.78 is 11.8. The van der Waals surface area contributed by atoms with E-state index in [1.54, 1.807) is 0 Å². The number of benzene rings is 2. The van der Waals surface area contributed by atoms with Gasteiger partial charge in [0.25, 0.3) is 0 Å². The number of carbonyl (C=O) groups is 1. The number of halogens is 1. The standard InChI is InChI=1S/C18H16BrNO3/c1-11-13(19)3-2-4-14(11)20-17(21)18(7-8-18)12-5-6-15-16(9-12)23-10-22-15/h2-6,9H,7-8,10H2,1H3,(H,20,21). The van der Waals surface area contributed by atoms with Gasteiger partial charge in [-0.2, -0.15) is 0 Å². The molecule has 1 fully saturated rings. The molecule has 4 rings (SSSR count). The zero-order valence-electron chi connectivity index (χ0n) is 12.7. The monoisotopic (exact) mass is 373 g/mol. The number of fused-ring (bicyclic) bond motifs is 1. The Labute approximate surface area is 142 Å². The average Bonchev–Trinajstić information content (AvgIpc) is 3.23. The van der Waals surface area contributed by atoms with Crippen LogP contribution in [0.2, 0.25) is 0 Å². The Morgan fingerprint density at radius 2 is 1.96 bits per heavy atom. The van der Waals surface area contributed by atoms with Crippen molar-refractivity contribution in [3.8, 4) is 11.5 Å². The number of ether oxygens (including phenoxy) is 2. The van der Waals surface area contributed by atoms with E-state index < -0.39 is 5.41 Å². The van der Waals surface area contributed by atoms with Crippen LogP contribution in [0.15, 0.2) is 40.9 Å². The third-order valence-corrected chi connectivity index (χ3v) is 5.48. The van der Waals surface area contributed by atoms with Gasteiger partial charge in [-0.25, -0.2) is 0 Å². The van der Waals surface area contributed by atoms with Gasteiger partial charge in [0.05, 0.1) is 5.41 Å². The van der Waals surface area contributed by atoms with Gasteiger partial charge in [0.15, 0.2) is 11.5 Å². The number of carbonyl (C=O) groups excluding carboxylic acids is 1. The van der Waals surface area contributed by atoms with Gasteiger partial charge >= 0.3 is 0 Å². The maximum Gasteiger partial charge on any atom is 0.235 e. The highest BCUT2D eigenvalue weighted by Crippen LogP contribution is 2.51. The minimum absolute atomic E-state index is 0.0394. The fourth-order valence-electron chi connectivity index (χ4n) is 2.95. The lowest BCUT2D eigenvalue weighted by molar-refractivity contribution is -0.118. The van der Waals surface area contributed by atoms with E-state index in [0.29, 0.717) is 0 Å². The van der Waals surface area contributed by atoms with E-state index in [2.05, 4.69) is 21.2 Å². The van der Waals surface area contributed by atoms with Crippen molar-refractivity contribution in [2.75, 3.05) is 12.1 Å². The molecule has 1 aliphatic heterocycles. The lowest BCUT2D eigenvalue weighted by Gasteiger charge is -2.17. The highest BCUT2D eigenvalue weighted by molar-refractivity contribution is 9.10. The third-order valence-electron chi connectivity index (χ3n) is 4.63. The van der Waals surface area contributed by atoms with Crippen LogP contribution < -0.4 is 14.8 Å². The molecular formula is C18H16BrNO3. The first-order valence-electron chi connectivity index (χ1n) is 7.57. The summed E-state index contributed by atoms with van der Waals surface area (Å²) in [4.78, 5) is 12.9. The first kappa shape index (κ1) is 14.6. The Morgan fingerprint density at radius 3 is 2.74 bits per heavy atom. The quantitative estimate of drug-likeness (QED) is 0.878. The number of hydrogen-bond acceptors (Lipinski definition) is 3. The number of hydrogen-bond donors (Lipinski definition) is 1. The van der Waals surface area contributed by atoms with Crippen molar-refractivity contribution < 1.29 is 14.3 Å². The molecule has 4 nitrogen and oxygen atoms in total. The summed E-state index contributed by atoms with van der Waals surface area (Å²) in [6.45, 7) is 2.23. The van der Waals surface area contributed by atoms with E-state index in [-0.39, 0.29) is 12.7 Å². The van der Waals surface area contributed by atoms with Gasteiger partial charge in [-0.15, -0.1) is 0 Å². The number of nitrogens with one attached hydrogen (secondary N) is 1. The Hall–Kier alpha value is -2.01. The molecular weight excluding hydrogens is 358 g/mol. The summed E-state index contributed by atoms with van der Waals surface area (Å²) in [5, 5.41) is 3.08. The summed E-state index contributed by atoms with van der Waals surface area (Å²) in [5.41, 5.74) is 2.42. The van der Waals surface area contributed by atoms with Gasteiger partial charge in [0.1, 0.15) is 0 Å². The molecule has 0 bridgehead atoms. The number of amides is 1. The highest BCUT2D eigenvalue weighted by Gasteiger charge is 2.51. The van der Waals surface area contributed by atoms with Crippen LogP contribution in [0.3, 0.4) is 0 Å². The van der Waals surface area contributed by atoms with Crippen LogP contribution in [0, 0.1) is 6.92 Å². The van der Waals surface area contributed by atoms with Crippen molar-refractivity contribution in [1.82, 2.24) is 0 Å². The Kier molecular flexibility index (Phi) is 3.34. The SMILES string of the molecule is Cc1c(Br)cccc1NC(=O)C1(c2ccc3c(c2)OCO3)CC1. The van der Waals surface area contributed by atoms with Crippen LogP contribution >= 0.6 is 15.9 Å². The molecule has 0 saturated heterocycles. The van der Waals surface area contributed by atoms with Crippen molar-refractivity contribution in [2.45, 2.75) is 25.2 Å². The van der Waals surface area contributed by atoms with Crippen molar-refractivity contribution in [2.24, 2.45) is 0 Å². The van der Waals surface area contributed by atoms with Crippen molar-refractivity contribution in [1.29, 1.82) is 0 Å². The van der Waals surface area contributed by atoms with E-state index in [0.717, 1.165) is 45.6 Å². The van der Waals surface area contributed by atoms with Crippen molar-refractivity contribution in [3.05, 3.63) is 52.0 Å². The molecule has 1 N–H and O–H groups in total. The molecule has 0 atom stereocenters. The van der Waals surface area contributed by atoms with E-state index in [9.17, 15) is 4.79 Å². The summed E-state index contributed by atoms with van der Waals surface area (Å²) in [5.74, 6) is 1.51. The van der Waals surface area contributed by atoms with Gasteiger partial charge in [0, 0.05) is 10.2 Å². The largest absolute Gasteiger partial charge is 0.454 e. The summed E-state index contributed by atoms with van der Waals surface area (Å²) in [6.07, 6.45) is 1.71. The lowest BCUT2D eigenvalue weighted by Crippen LogP contribution is -2.28. The van der Waals surface area contributed by atoms with Crippen LogP contribution in [0.1, 0.15) is 24.0 Å². The molecule has 2 aliphatic rings. The summed E-state index contributed by atoms with van der Waals surface area (Å²) >= 11 is 3.50. The van der Waals surface area contributed by atoms with Crippen LogP contribution in [0.5, 0.6) is 11.5 Å². The van der Waals surface area contributed by atoms with Crippen LogP contribution in [0.25, 0.3) is 0 Å². The van der Waals surface area contributed by atoms with E-state index in [1.165, 1.54) is 0 Å². The Morgan fingerprint density at radius 1 is 1.17 bits per heavy atom. The predicted molar refractivity (Wildman–Crippen MR) is 91.0 cm³/mol. The fourth-order valence-corrected chi connectivity index (χ4v) is 3.32. The molecule has 2 aromatic carbocycles. The van der Waals surface area contributed by atoms with E-state index in [4.69, 9.17) is 9.47 Å². The smallest absolute Gasteiger partial charge is 0.235 e. The molecule has 5 heteroatoms. The topological polar surface area (TPSA) is 47.6 Å². The molecule has 1 aliphatic carbocycles. The van der Waals surface area contributed by atoms with Crippen LogP contribution in [-0.4, -0.2) is 12.7 Å². The zero-order chi connectivity index (χ0) is 16.0. The molecule has 1 heterocycles. The van der Waals surface area contributed by atoms with Gasteiger partial charge in [-0.05, 0) is 55.2 Å². The van der Waals surface area contributed by atoms with Gasteiger partial charge in [0.2, 0.25) is 12.7 Å². The molecule has 0 unspecified atom stereocenters. The molecule has 0 spiro atoms. The molecule has 118 valence electrons. The molecule has 1 amide bonds. The van der Waals surface area contributed by atoms with Gasteiger partial charge < -0.3 is 14.8 Å². The van der Waals surface area contributed by atoms with Crippen LogP contribution in [-0.2, 0) is 10.2 Å². The molecule has 1 saturated carbocycles. The third kappa shape index (κ3) is 2.39. The second-order valence-electron chi connectivity index (χ2n) is 6.02. The second-order valence-corrected chi connectivity index (χ2v) is 6.87. The Bertz CT molecular complexity index is 799. The molecule has 23 heavy (non-hydrogen) atoms. The number of rotatable bonds is 3. The summed E-state index contributed by atoms with van der Waals surface area (Å²) in [6, 6.07) is 11.6. The average molecular weight is 374 g/mol. The molecule has 0 aromatic heterocycles. The Balaban J connectivity index is 1.62. The lowest BCUT2D eigenvalue weighted by atomic mass is 9.94. The minimum Gasteiger partial charge on any atom is -0.454 e. The highest BCUT2D eigenvalue weighted by atomic mass is 79.9. The van der Waals surface area contributed by atoms with Gasteiger partial charge in [-0.3, -0.25) is 4.79 Å². The zero-order valence-corrected chi connectivity index (χ0v) is 14.3. The van der Waals surface area contributed by atoms with Crippen LogP contribution in [0.4, 0.5) is 5.69 Å². The fraction of sp³-hybridized carbons (Fsp3) is 0.278. The first-order chi connectivity index (χ1) is 11.1. The van der Waals surface area contributed by atoms with Crippen molar-refractivity contribution >= 4 is 27.5 Å². The van der Waals surface area contributed by atoms with E-state index in [1.807, 2.05) is 43.3 Å². The van der Waals surface area contributed by atoms with Gasteiger partial charge in [-0.1, -0.05) is 28.1 Å². The second kappa shape index (κ2) is 5.27. The van der Waals surface area contributed by atoms with Crippen molar-refractivity contribution in [3.63, 3.8) is 0 Å². The number of anilines is 1. The normalized spacial score (nSPS) is 17.0. The maximum atomic E-state index is 12.9. The predicted octanol–water partition coefficient (Wildman–Crippen LogP) is 4.16. The molecule has 0 radical (unpaired) electrons.